The molecule has 1 fully saturated rings. The van der Waals surface area contributed by atoms with Crippen molar-refractivity contribution in [3.8, 4) is 0 Å². The number of nitrogens with one attached hydrogen (secondary N) is 1. The van der Waals surface area contributed by atoms with Crippen LogP contribution in [0.5, 0.6) is 0 Å². The van der Waals surface area contributed by atoms with Gasteiger partial charge in [-0.15, -0.1) is 0 Å². The van der Waals surface area contributed by atoms with Gasteiger partial charge in [-0.3, -0.25) is 4.79 Å². The molecule has 0 spiro atoms. The van der Waals surface area contributed by atoms with Crippen LogP contribution >= 0.6 is 11.6 Å². The molecule has 7 heteroatoms. The molecule has 2 aromatic rings. The van der Waals surface area contributed by atoms with Gasteiger partial charge < -0.3 is 15.0 Å². The summed E-state index contributed by atoms with van der Waals surface area (Å²) < 4.78 is 5.32. The largest absolute Gasteiger partial charge is 0.378 e. The summed E-state index contributed by atoms with van der Waals surface area (Å²) in [5.41, 5.74) is 1.21. The van der Waals surface area contributed by atoms with Crippen molar-refractivity contribution in [3.63, 3.8) is 0 Å². The van der Waals surface area contributed by atoms with Crippen molar-refractivity contribution < 1.29 is 9.53 Å². The topological polar surface area (TPSA) is 67.4 Å². The molecule has 2 heterocycles. The predicted octanol–water partition coefficient (Wildman–Crippen LogP) is 1.90. The summed E-state index contributed by atoms with van der Waals surface area (Å²) in [6, 6.07) is 9.11. The van der Waals surface area contributed by atoms with E-state index < -0.39 is 0 Å². The third-order valence-electron chi connectivity index (χ3n) is 3.62. The molecule has 1 aromatic heterocycles. The molecule has 3 rings (SSSR count). The Kier molecular flexibility index (Phi) is 5.05. The number of carbonyl (C=O) groups excluding carboxylic acids is 1. The fourth-order valence-corrected chi connectivity index (χ4v) is 2.55. The Morgan fingerprint density at radius 1 is 1.26 bits per heavy atom. The van der Waals surface area contributed by atoms with Crippen LogP contribution in [-0.4, -0.2) is 42.2 Å². The molecule has 0 saturated carbocycles. The first-order valence-corrected chi connectivity index (χ1v) is 7.78. The number of rotatable bonds is 4. The van der Waals surface area contributed by atoms with E-state index in [1.165, 1.54) is 6.33 Å². The van der Waals surface area contributed by atoms with Crippen LogP contribution in [-0.2, 0) is 11.3 Å². The number of morpholine rings is 1. The Hall–Kier alpha value is -2.18. The lowest BCUT2D eigenvalue weighted by Gasteiger charge is -2.27. The zero-order chi connectivity index (χ0) is 16.1. The SMILES string of the molecule is O=C(NCc1ccccc1Cl)c1cc(N2CCOCC2)ncn1. The minimum absolute atomic E-state index is 0.248. The normalized spacial score (nSPS) is 14.6. The highest BCUT2D eigenvalue weighted by Gasteiger charge is 2.15. The second-order valence-corrected chi connectivity index (χ2v) is 5.54. The van der Waals surface area contributed by atoms with Gasteiger partial charge in [-0.1, -0.05) is 29.8 Å². The second kappa shape index (κ2) is 7.39. The number of halogens is 1. The maximum Gasteiger partial charge on any atom is 0.270 e. The van der Waals surface area contributed by atoms with Gasteiger partial charge in [0.05, 0.1) is 13.2 Å². The average Bonchev–Trinajstić information content (AvgIpc) is 2.62. The number of anilines is 1. The van der Waals surface area contributed by atoms with Gasteiger partial charge in [0.1, 0.15) is 17.8 Å². The Labute approximate surface area is 139 Å². The van der Waals surface area contributed by atoms with Crippen molar-refractivity contribution in [3.05, 3.63) is 52.9 Å². The zero-order valence-corrected chi connectivity index (χ0v) is 13.3. The van der Waals surface area contributed by atoms with Gasteiger partial charge in [0.25, 0.3) is 5.91 Å². The van der Waals surface area contributed by atoms with Gasteiger partial charge in [0.15, 0.2) is 0 Å². The Balaban J connectivity index is 1.66. The van der Waals surface area contributed by atoms with Crippen molar-refractivity contribution in [1.29, 1.82) is 0 Å². The molecule has 120 valence electrons. The minimum atomic E-state index is -0.248. The highest BCUT2D eigenvalue weighted by Crippen LogP contribution is 2.15. The summed E-state index contributed by atoms with van der Waals surface area (Å²) >= 11 is 6.09. The Bertz CT molecular complexity index is 689. The molecular formula is C16H17ClN4O2. The van der Waals surface area contributed by atoms with Gasteiger partial charge in [0, 0.05) is 30.7 Å². The molecule has 1 aliphatic rings. The van der Waals surface area contributed by atoms with E-state index in [4.69, 9.17) is 16.3 Å². The van der Waals surface area contributed by atoms with Crippen LogP contribution in [0.15, 0.2) is 36.7 Å². The van der Waals surface area contributed by atoms with Gasteiger partial charge in [-0.2, -0.15) is 0 Å². The first-order valence-electron chi connectivity index (χ1n) is 7.40. The molecule has 0 aliphatic carbocycles. The number of aromatic nitrogens is 2. The van der Waals surface area contributed by atoms with Gasteiger partial charge in [-0.05, 0) is 11.6 Å². The van der Waals surface area contributed by atoms with Crippen LogP contribution in [0.25, 0.3) is 0 Å². The lowest BCUT2D eigenvalue weighted by molar-refractivity contribution is 0.0945. The first kappa shape index (κ1) is 15.7. The van der Waals surface area contributed by atoms with Crippen molar-refractivity contribution in [1.82, 2.24) is 15.3 Å². The van der Waals surface area contributed by atoms with E-state index >= 15 is 0 Å². The van der Waals surface area contributed by atoms with E-state index in [-0.39, 0.29) is 5.91 Å². The second-order valence-electron chi connectivity index (χ2n) is 5.13. The molecule has 1 saturated heterocycles. The maximum atomic E-state index is 12.3. The van der Waals surface area contributed by atoms with Crippen LogP contribution in [0.4, 0.5) is 5.82 Å². The maximum absolute atomic E-state index is 12.3. The highest BCUT2D eigenvalue weighted by molar-refractivity contribution is 6.31. The minimum Gasteiger partial charge on any atom is -0.378 e. The number of ether oxygens (including phenoxy) is 1. The van der Waals surface area contributed by atoms with Gasteiger partial charge in [0.2, 0.25) is 0 Å². The lowest BCUT2D eigenvalue weighted by Crippen LogP contribution is -2.37. The number of hydrogen-bond donors (Lipinski definition) is 1. The summed E-state index contributed by atoms with van der Waals surface area (Å²) in [5.74, 6) is 0.494. The number of benzene rings is 1. The van der Waals surface area contributed by atoms with Crippen molar-refractivity contribution in [2.45, 2.75) is 6.54 Å². The summed E-state index contributed by atoms with van der Waals surface area (Å²) in [7, 11) is 0. The summed E-state index contributed by atoms with van der Waals surface area (Å²) in [6.45, 7) is 3.21. The van der Waals surface area contributed by atoms with E-state index in [1.54, 1.807) is 12.1 Å². The zero-order valence-electron chi connectivity index (χ0n) is 12.5. The molecule has 1 amide bonds. The fourth-order valence-electron chi connectivity index (χ4n) is 2.34. The van der Waals surface area contributed by atoms with Crippen LogP contribution in [0.2, 0.25) is 5.02 Å². The van der Waals surface area contributed by atoms with Crippen molar-refractivity contribution >= 4 is 23.3 Å². The smallest absolute Gasteiger partial charge is 0.270 e. The summed E-state index contributed by atoms with van der Waals surface area (Å²) in [6.07, 6.45) is 1.41. The summed E-state index contributed by atoms with van der Waals surface area (Å²) in [4.78, 5) is 22.6. The standard InChI is InChI=1S/C16H17ClN4O2/c17-13-4-2-1-3-12(13)10-18-16(22)14-9-15(20-11-19-14)21-5-7-23-8-6-21/h1-4,9,11H,5-8,10H2,(H,18,22). The fraction of sp³-hybridized carbons (Fsp3) is 0.312. The van der Waals surface area contributed by atoms with Crippen molar-refractivity contribution in [2.24, 2.45) is 0 Å². The van der Waals surface area contributed by atoms with Crippen molar-refractivity contribution in [2.75, 3.05) is 31.2 Å². The Morgan fingerprint density at radius 3 is 2.83 bits per heavy atom. The van der Waals surface area contributed by atoms with Gasteiger partial charge >= 0.3 is 0 Å². The monoisotopic (exact) mass is 332 g/mol. The number of amides is 1. The van der Waals surface area contributed by atoms with Crippen LogP contribution < -0.4 is 10.2 Å². The first-order chi connectivity index (χ1) is 11.2. The van der Waals surface area contributed by atoms with Crippen LogP contribution in [0.3, 0.4) is 0 Å². The van der Waals surface area contributed by atoms with E-state index in [0.717, 1.165) is 24.5 Å². The van der Waals surface area contributed by atoms with Gasteiger partial charge in [-0.25, -0.2) is 9.97 Å². The number of hydrogen-bond acceptors (Lipinski definition) is 5. The molecule has 0 atom stereocenters. The molecule has 0 unspecified atom stereocenters. The van der Waals surface area contributed by atoms with E-state index in [0.29, 0.717) is 30.5 Å². The average molecular weight is 333 g/mol. The predicted molar refractivity (Wildman–Crippen MR) is 87.7 cm³/mol. The van der Waals surface area contributed by atoms with E-state index in [2.05, 4.69) is 20.2 Å². The molecule has 1 aliphatic heterocycles. The van der Waals surface area contributed by atoms with E-state index in [1.807, 2.05) is 18.2 Å². The highest BCUT2D eigenvalue weighted by atomic mass is 35.5. The van der Waals surface area contributed by atoms with E-state index in [9.17, 15) is 4.79 Å². The summed E-state index contributed by atoms with van der Waals surface area (Å²) in [5, 5.41) is 3.46. The van der Waals surface area contributed by atoms with Crippen LogP contribution in [0, 0.1) is 0 Å². The number of carbonyl (C=O) groups is 1. The number of nitrogens with zero attached hydrogens (tertiary/aromatic N) is 3. The van der Waals surface area contributed by atoms with Crippen LogP contribution in [0.1, 0.15) is 16.1 Å². The third-order valence-corrected chi connectivity index (χ3v) is 3.99. The lowest BCUT2D eigenvalue weighted by atomic mass is 10.2. The third kappa shape index (κ3) is 3.97. The molecule has 0 radical (unpaired) electrons. The molecule has 23 heavy (non-hydrogen) atoms. The molecule has 6 nitrogen and oxygen atoms in total. The quantitative estimate of drug-likeness (QED) is 0.926. The molecule has 1 N–H and O–H groups in total. The molecule has 0 bridgehead atoms. The molecular weight excluding hydrogens is 316 g/mol. The molecule has 1 aromatic carbocycles. The Morgan fingerprint density at radius 2 is 2.04 bits per heavy atom.